The standard InChI is InChI=1S/C6H10O4/c7-6(8)3-10-5-4(6)1-2-9-5/h4-5,7-8H,1-3H2. The largest absolute Gasteiger partial charge is 0.363 e. The monoisotopic (exact) mass is 146 g/mol. The Morgan fingerprint density at radius 3 is 2.80 bits per heavy atom. The van der Waals surface area contributed by atoms with E-state index in [1.165, 1.54) is 0 Å². The molecular formula is C6H10O4. The van der Waals surface area contributed by atoms with Crippen molar-refractivity contribution < 1.29 is 19.7 Å². The van der Waals surface area contributed by atoms with E-state index in [9.17, 15) is 10.2 Å². The molecule has 2 fully saturated rings. The van der Waals surface area contributed by atoms with Crippen molar-refractivity contribution in [3.8, 4) is 0 Å². The molecule has 10 heavy (non-hydrogen) atoms. The summed E-state index contributed by atoms with van der Waals surface area (Å²) in [6, 6.07) is 0. The highest BCUT2D eigenvalue weighted by Gasteiger charge is 2.50. The summed E-state index contributed by atoms with van der Waals surface area (Å²) in [5, 5.41) is 18.4. The van der Waals surface area contributed by atoms with Crippen LogP contribution in [0.3, 0.4) is 0 Å². The van der Waals surface area contributed by atoms with Crippen LogP contribution < -0.4 is 0 Å². The van der Waals surface area contributed by atoms with E-state index in [2.05, 4.69) is 0 Å². The minimum absolute atomic E-state index is 0.0255. The Morgan fingerprint density at radius 1 is 1.30 bits per heavy atom. The number of ether oxygens (including phenoxy) is 2. The molecule has 2 N–H and O–H groups in total. The molecule has 2 unspecified atom stereocenters. The summed E-state index contributed by atoms with van der Waals surface area (Å²) >= 11 is 0. The first-order chi connectivity index (χ1) is 4.70. The van der Waals surface area contributed by atoms with Gasteiger partial charge in [-0.2, -0.15) is 0 Å². The highest BCUT2D eigenvalue weighted by atomic mass is 16.7. The maximum Gasteiger partial charge on any atom is 0.194 e. The Kier molecular flexibility index (Phi) is 1.25. The molecule has 2 saturated heterocycles. The topological polar surface area (TPSA) is 58.9 Å². The highest BCUT2D eigenvalue weighted by Crippen LogP contribution is 2.36. The van der Waals surface area contributed by atoms with Crippen LogP contribution in [0.4, 0.5) is 0 Å². The fourth-order valence-electron chi connectivity index (χ4n) is 1.49. The third-order valence-electron chi connectivity index (χ3n) is 2.09. The summed E-state index contributed by atoms with van der Waals surface area (Å²) in [4.78, 5) is 0. The lowest BCUT2D eigenvalue weighted by atomic mass is 10.0. The highest BCUT2D eigenvalue weighted by molar-refractivity contribution is 4.87. The first kappa shape index (κ1) is 6.54. The first-order valence-electron chi connectivity index (χ1n) is 3.38. The van der Waals surface area contributed by atoms with Gasteiger partial charge in [0.15, 0.2) is 12.1 Å². The molecule has 0 bridgehead atoms. The van der Waals surface area contributed by atoms with Crippen LogP contribution in [0.15, 0.2) is 0 Å². The van der Waals surface area contributed by atoms with Gasteiger partial charge < -0.3 is 19.7 Å². The summed E-state index contributed by atoms with van der Waals surface area (Å²) in [7, 11) is 0. The first-order valence-corrected chi connectivity index (χ1v) is 3.38. The third-order valence-corrected chi connectivity index (χ3v) is 2.09. The minimum atomic E-state index is -1.65. The van der Waals surface area contributed by atoms with Gasteiger partial charge in [0.2, 0.25) is 0 Å². The Bertz CT molecular complexity index is 145. The van der Waals surface area contributed by atoms with E-state index in [0.717, 1.165) is 0 Å². The predicted molar refractivity (Wildman–Crippen MR) is 31.0 cm³/mol. The maximum atomic E-state index is 9.22. The zero-order chi connectivity index (χ0) is 7.19. The Labute approximate surface area is 58.4 Å². The molecule has 0 spiro atoms. The molecule has 58 valence electrons. The van der Waals surface area contributed by atoms with Crippen LogP contribution in [0, 0.1) is 5.92 Å². The Hall–Kier alpha value is -0.160. The van der Waals surface area contributed by atoms with Crippen LogP contribution >= 0.6 is 0 Å². The van der Waals surface area contributed by atoms with Crippen molar-refractivity contribution >= 4 is 0 Å². The zero-order valence-electron chi connectivity index (χ0n) is 5.49. The fourth-order valence-corrected chi connectivity index (χ4v) is 1.49. The number of rotatable bonds is 0. The molecule has 0 saturated carbocycles. The molecular weight excluding hydrogens is 136 g/mol. The van der Waals surface area contributed by atoms with Gasteiger partial charge >= 0.3 is 0 Å². The summed E-state index contributed by atoms with van der Waals surface area (Å²) in [6.45, 7) is 0.542. The normalized spacial score (nSPS) is 43.8. The second kappa shape index (κ2) is 1.92. The van der Waals surface area contributed by atoms with Crippen LogP contribution in [0.2, 0.25) is 0 Å². The van der Waals surface area contributed by atoms with E-state index in [0.29, 0.717) is 13.0 Å². The van der Waals surface area contributed by atoms with Crippen molar-refractivity contribution in [2.45, 2.75) is 18.5 Å². The quantitative estimate of drug-likeness (QED) is 0.433. The van der Waals surface area contributed by atoms with E-state index >= 15 is 0 Å². The second-order valence-corrected chi connectivity index (χ2v) is 2.82. The van der Waals surface area contributed by atoms with E-state index < -0.39 is 5.79 Å². The van der Waals surface area contributed by atoms with Crippen LogP contribution in [-0.4, -0.2) is 35.5 Å². The molecule has 0 amide bonds. The van der Waals surface area contributed by atoms with Gasteiger partial charge in [-0.3, -0.25) is 0 Å². The Balaban J connectivity index is 2.16. The van der Waals surface area contributed by atoms with Crippen molar-refractivity contribution in [3.63, 3.8) is 0 Å². The van der Waals surface area contributed by atoms with Gasteiger partial charge in [0, 0.05) is 0 Å². The lowest BCUT2D eigenvalue weighted by Crippen LogP contribution is -2.36. The number of aliphatic hydroxyl groups is 2. The van der Waals surface area contributed by atoms with E-state index in [-0.39, 0.29) is 18.8 Å². The second-order valence-electron chi connectivity index (χ2n) is 2.82. The predicted octanol–water partition coefficient (Wildman–Crippen LogP) is -0.940. The molecule has 4 heteroatoms. The van der Waals surface area contributed by atoms with Crippen molar-refractivity contribution in [2.75, 3.05) is 13.2 Å². The molecule has 2 aliphatic rings. The van der Waals surface area contributed by atoms with Crippen molar-refractivity contribution in [2.24, 2.45) is 5.92 Å². The van der Waals surface area contributed by atoms with E-state index in [1.54, 1.807) is 0 Å². The minimum Gasteiger partial charge on any atom is -0.363 e. The number of hydrogen-bond acceptors (Lipinski definition) is 4. The lowest BCUT2D eigenvalue weighted by Gasteiger charge is -2.18. The van der Waals surface area contributed by atoms with Gasteiger partial charge in [0.05, 0.1) is 12.5 Å². The third kappa shape index (κ3) is 0.769. The van der Waals surface area contributed by atoms with E-state index in [4.69, 9.17) is 9.47 Å². The average Bonchev–Trinajstić information content (AvgIpc) is 2.36. The average molecular weight is 146 g/mol. The molecule has 0 aromatic heterocycles. The van der Waals surface area contributed by atoms with Crippen LogP contribution in [0.5, 0.6) is 0 Å². The summed E-state index contributed by atoms with van der Waals surface area (Å²) in [5.41, 5.74) is 0. The number of hydrogen-bond donors (Lipinski definition) is 2. The molecule has 0 aromatic carbocycles. The van der Waals surface area contributed by atoms with Gasteiger partial charge in [0.1, 0.15) is 6.61 Å². The molecule has 2 atom stereocenters. The Morgan fingerprint density at radius 2 is 2.10 bits per heavy atom. The lowest BCUT2D eigenvalue weighted by molar-refractivity contribution is -0.182. The zero-order valence-corrected chi connectivity index (χ0v) is 5.49. The van der Waals surface area contributed by atoms with Gasteiger partial charge in [-0.1, -0.05) is 0 Å². The SMILES string of the molecule is OC1(O)COC2OCCC21. The maximum absolute atomic E-state index is 9.22. The van der Waals surface area contributed by atoms with Gasteiger partial charge in [-0.15, -0.1) is 0 Å². The number of fused-ring (bicyclic) bond motifs is 1. The summed E-state index contributed by atoms with van der Waals surface area (Å²) < 4.78 is 10.0. The summed E-state index contributed by atoms with van der Waals surface area (Å²) in [6.07, 6.45) is 0.299. The molecule has 0 aliphatic carbocycles. The molecule has 2 aliphatic heterocycles. The summed E-state index contributed by atoms with van der Waals surface area (Å²) in [5.74, 6) is -1.89. The van der Waals surface area contributed by atoms with Gasteiger partial charge in [-0.05, 0) is 6.42 Å². The van der Waals surface area contributed by atoms with Crippen molar-refractivity contribution in [1.82, 2.24) is 0 Å². The van der Waals surface area contributed by atoms with Gasteiger partial charge in [-0.25, -0.2) is 0 Å². The molecule has 0 radical (unpaired) electrons. The molecule has 2 rings (SSSR count). The van der Waals surface area contributed by atoms with E-state index in [1.807, 2.05) is 0 Å². The van der Waals surface area contributed by atoms with Gasteiger partial charge in [0.25, 0.3) is 0 Å². The fraction of sp³-hybridized carbons (Fsp3) is 1.00. The van der Waals surface area contributed by atoms with Crippen molar-refractivity contribution in [3.05, 3.63) is 0 Å². The van der Waals surface area contributed by atoms with Crippen LogP contribution in [0.25, 0.3) is 0 Å². The molecule has 0 aromatic rings. The molecule has 4 nitrogen and oxygen atoms in total. The van der Waals surface area contributed by atoms with Crippen LogP contribution in [-0.2, 0) is 9.47 Å². The smallest absolute Gasteiger partial charge is 0.194 e. The van der Waals surface area contributed by atoms with Crippen LogP contribution in [0.1, 0.15) is 6.42 Å². The van der Waals surface area contributed by atoms with Crippen molar-refractivity contribution in [1.29, 1.82) is 0 Å². The molecule has 2 heterocycles.